The van der Waals surface area contributed by atoms with Crippen LogP contribution in [0.5, 0.6) is 0 Å². The lowest BCUT2D eigenvalue weighted by atomic mass is 9.98. The number of nitrogens with one attached hydrogen (secondary N) is 2. The van der Waals surface area contributed by atoms with Gasteiger partial charge in [0.1, 0.15) is 11.2 Å². The second kappa shape index (κ2) is 4.53. The summed E-state index contributed by atoms with van der Waals surface area (Å²) < 4.78 is 0. The molecule has 102 valence electrons. The molecule has 0 radical (unpaired) electrons. The number of carbonyl (C=O) groups is 3. The van der Waals surface area contributed by atoms with Crippen molar-refractivity contribution in [2.24, 2.45) is 0 Å². The predicted octanol–water partition coefficient (Wildman–Crippen LogP) is 0.568. The molecule has 0 bridgehead atoms. The van der Waals surface area contributed by atoms with Gasteiger partial charge in [0.2, 0.25) is 5.91 Å². The average molecular weight is 263 g/mol. The Morgan fingerprint density at radius 3 is 2.63 bits per heavy atom. The Morgan fingerprint density at radius 2 is 2.05 bits per heavy atom. The molecule has 0 spiro atoms. The standard InChI is InChI=1S/C13H17N3O3/c1-8(17)9-6-10(15-7-9)11(18)16-5-4-14-12(19)13(16,2)3/h6-7,15H,4-5H2,1-3H3,(H,14,19). The molecule has 1 aliphatic heterocycles. The van der Waals surface area contributed by atoms with Gasteiger partial charge in [-0.3, -0.25) is 14.4 Å². The van der Waals surface area contributed by atoms with Crippen molar-refractivity contribution in [2.75, 3.05) is 13.1 Å². The smallest absolute Gasteiger partial charge is 0.271 e. The number of ketones is 1. The zero-order chi connectivity index (χ0) is 14.2. The summed E-state index contributed by atoms with van der Waals surface area (Å²) in [4.78, 5) is 39.7. The lowest BCUT2D eigenvalue weighted by molar-refractivity contribution is -0.133. The van der Waals surface area contributed by atoms with Crippen LogP contribution in [-0.2, 0) is 4.79 Å². The fourth-order valence-corrected chi connectivity index (χ4v) is 2.12. The van der Waals surface area contributed by atoms with Gasteiger partial charge in [-0.15, -0.1) is 0 Å². The molecule has 2 rings (SSSR count). The van der Waals surface area contributed by atoms with Gasteiger partial charge >= 0.3 is 0 Å². The van der Waals surface area contributed by atoms with Crippen LogP contribution < -0.4 is 5.32 Å². The Balaban J connectivity index is 2.27. The van der Waals surface area contributed by atoms with Gasteiger partial charge in [0, 0.05) is 24.8 Å². The Morgan fingerprint density at radius 1 is 1.37 bits per heavy atom. The molecule has 2 amide bonds. The zero-order valence-corrected chi connectivity index (χ0v) is 11.2. The zero-order valence-electron chi connectivity index (χ0n) is 11.2. The highest BCUT2D eigenvalue weighted by Gasteiger charge is 2.41. The largest absolute Gasteiger partial charge is 0.356 e. The van der Waals surface area contributed by atoms with E-state index in [0.717, 1.165) is 0 Å². The first-order valence-corrected chi connectivity index (χ1v) is 6.13. The Hall–Kier alpha value is -2.11. The number of piperazine rings is 1. The summed E-state index contributed by atoms with van der Waals surface area (Å²) in [6, 6.07) is 1.52. The molecule has 0 saturated carbocycles. The molecule has 0 aliphatic carbocycles. The molecule has 6 heteroatoms. The lowest BCUT2D eigenvalue weighted by Gasteiger charge is -2.40. The van der Waals surface area contributed by atoms with Gasteiger partial charge < -0.3 is 15.2 Å². The molecule has 2 N–H and O–H groups in total. The number of H-pyrrole nitrogens is 1. The Bertz CT molecular complexity index is 545. The molecule has 1 saturated heterocycles. The monoisotopic (exact) mass is 263 g/mol. The van der Waals surface area contributed by atoms with Gasteiger partial charge in [0.15, 0.2) is 5.78 Å². The molecule has 0 unspecified atom stereocenters. The second-order valence-corrected chi connectivity index (χ2v) is 5.13. The van der Waals surface area contributed by atoms with E-state index in [2.05, 4.69) is 10.3 Å². The molecule has 1 aromatic heterocycles. The molecule has 0 atom stereocenters. The van der Waals surface area contributed by atoms with Gasteiger partial charge in [-0.25, -0.2) is 0 Å². The highest BCUT2D eigenvalue weighted by Crippen LogP contribution is 2.20. The minimum Gasteiger partial charge on any atom is -0.356 e. The maximum absolute atomic E-state index is 12.4. The van der Waals surface area contributed by atoms with Crippen LogP contribution in [0.2, 0.25) is 0 Å². The van der Waals surface area contributed by atoms with Crippen LogP contribution in [0.15, 0.2) is 12.3 Å². The van der Waals surface area contributed by atoms with E-state index < -0.39 is 5.54 Å². The van der Waals surface area contributed by atoms with E-state index in [4.69, 9.17) is 0 Å². The normalized spacial score (nSPS) is 18.1. The van der Waals surface area contributed by atoms with E-state index in [1.54, 1.807) is 13.8 Å². The molecule has 2 heterocycles. The second-order valence-electron chi connectivity index (χ2n) is 5.13. The topological polar surface area (TPSA) is 82.3 Å². The number of nitrogens with zero attached hydrogens (tertiary/aromatic N) is 1. The van der Waals surface area contributed by atoms with E-state index in [1.807, 2.05) is 0 Å². The van der Waals surface area contributed by atoms with E-state index >= 15 is 0 Å². The minimum absolute atomic E-state index is 0.106. The van der Waals surface area contributed by atoms with Crippen LogP contribution in [0.1, 0.15) is 41.6 Å². The van der Waals surface area contributed by atoms with Crippen molar-refractivity contribution >= 4 is 17.6 Å². The summed E-state index contributed by atoms with van der Waals surface area (Å²) in [5.41, 5.74) is -0.104. The third kappa shape index (κ3) is 2.25. The molecule has 6 nitrogen and oxygen atoms in total. The number of carbonyl (C=O) groups excluding carboxylic acids is 3. The minimum atomic E-state index is -0.892. The van der Waals surface area contributed by atoms with Crippen LogP contribution >= 0.6 is 0 Å². The fourth-order valence-electron chi connectivity index (χ4n) is 2.12. The first kappa shape index (κ1) is 13.3. The summed E-state index contributed by atoms with van der Waals surface area (Å²) in [5.74, 6) is -0.552. The van der Waals surface area contributed by atoms with Crippen molar-refractivity contribution < 1.29 is 14.4 Å². The van der Waals surface area contributed by atoms with Gasteiger partial charge in [0.05, 0.1) is 0 Å². The third-order valence-corrected chi connectivity index (χ3v) is 3.42. The van der Waals surface area contributed by atoms with Crippen LogP contribution in [0, 0.1) is 0 Å². The van der Waals surface area contributed by atoms with Crippen molar-refractivity contribution in [1.82, 2.24) is 15.2 Å². The summed E-state index contributed by atoms with van der Waals surface area (Å²) in [7, 11) is 0. The maximum Gasteiger partial charge on any atom is 0.271 e. The van der Waals surface area contributed by atoms with E-state index in [0.29, 0.717) is 24.3 Å². The molecule has 0 aromatic carbocycles. The lowest BCUT2D eigenvalue weighted by Crippen LogP contribution is -2.63. The molecule has 1 aliphatic rings. The highest BCUT2D eigenvalue weighted by atomic mass is 16.2. The molecular formula is C13H17N3O3. The van der Waals surface area contributed by atoms with E-state index in [9.17, 15) is 14.4 Å². The van der Waals surface area contributed by atoms with Crippen molar-refractivity contribution in [1.29, 1.82) is 0 Å². The summed E-state index contributed by atoms with van der Waals surface area (Å²) in [6.07, 6.45) is 1.51. The molecule has 19 heavy (non-hydrogen) atoms. The number of Topliss-reactive ketones (excluding diaryl/α,β-unsaturated/α-hetero) is 1. The average Bonchev–Trinajstić information content (AvgIpc) is 2.81. The summed E-state index contributed by atoms with van der Waals surface area (Å²) in [5, 5.41) is 2.73. The van der Waals surface area contributed by atoms with Crippen LogP contribution in [0.25, 0.3) is 0 Å². The number of hydrogen-bond donors (Lipinski definition) is 2. The van der Waals surface area contributed by atoms with E-state index in [-0.39, 0.29) is 17.6 Å². The summed E-state index contributed by atoms with van der Waals surface area (Å²) in [6.45, 7) is 5.73. The quantitative estimate of drug-likeness (QED) is 0.765. The third-order valence-electron chi connectivity index (χ3n) is 3.42. The number of aromatic nitrogens is 1. The van der Waals surface area contributed by atoms with Gasteiger partial charge in [-0.2, -0.15) is 0 Å². The Labute approximate surface area is 111 Å². The first-order valence-electron chi connectivity index (χ1n) is 6.13. The molecular weight excluding hydrogens is 246 g/mol. The van der Waals surface area contributed by atoms with Crippen molar-refractivity contribution in [2.45, 2.75) is 26.3 Å². The van der Waals surface area contributed by atoms with Crippen LogP contribution in [0.4, 0.5) is 0 Å². The van der Waals surface area contributed by atoms with Crippen molar-refractivity contribution in [3.8, 4) is 0 Å². The first-order chi connectivity index (χ1) is 8.84. The number of rotatable bonds is 2. The highest BCUT2D eigenvalue weighted by molar-refractivity contribution is 6.01. The maximum atomic E-state index is 12.4. The van der Waals surface area contributed by atoms with Gasteiger partial charge in [0.25, 0.3) is 5.91 Å². The van der Waals surface area contributed by atoms with Crippen molar-refractivity contribution in [3.63, 3.8) is 0 Å². The molecule has 1 aromatic rings. The summed E-state index contributed by atoms with van der Waals surface area (Å²) >= 11 is 0. The number of aromatic amines is 1. The Kier molecular flexibility index (Phi) is 3.18. The SMILES string of the molecule is CC(=O)c1c[nH]c(C(=O)N2CCNC(=O)C2(C)C)c1. The van der Waals surface area contributed by atoms with Crippen LogP contribution in [0.3, 0.4) is 0 Å². The molecule has 1 fully saturated rings. The van der Waals surface area contributed by atoms with E-state index in [1.165, 1.54) is 24.1 Å². The predicted molar refractivity (Wildman–Crippen MR) is 68.9 cm³/mol. The van der Waals surface area contributed by atoms with Crippen LogP contribution in [-0.4, -0.2) is 46.1 Å². The number of hydrogen-bond acceptors (Lipinski definition) is 3. The van der Waals surface area contributed by atoms with Crippen molar-refractivity contribution in [3.05, 3.63) is 23.5 Å². The van der Waals surface area contributed by atoms with Gasteiger partial charge in [-0.05, 0) is 26.8 Å². The van der Waals surface area contributed by atoms with Gasteiger partial charge in [-0.1, -0.05) is 0 Å². The fraction of sp³-hybridized carbons (Fsp3) is 0.462. The number of amides is 2.